The standard InChI is InChI=1S/C36H43N7O3S/c1-3-13-43(14-4-2)36(46)28-17-26-9-10-27(19-32(26)41-33(37)20-28)35(45)40-30-18-29-23-42(15-11-31(29)39-21-30)22-24-5-7-25(8-6-24)34(44)38-12-16-47/h5-10,17-19,21,47H,3-4,11-16,20,22-23H2,1-2H3,(H2,37,41)(H,38,44)(H,40,45). The highest BCUT2D eigenvalue weighted by atomic mass is 32.1. The normalized spacial score (nSPS) is 14.2. The van der Waals surface area contributed by atoms with Gasteiger partial charge in [-0.1, -0.05) is 32.0 Å². The monoisotopic (exact) mass is 653 g/mol. The summed E-state index contributed by atoms with van der Waals surface area (Å²) in [7, 11) is 0. The van der Waals surface area contributed by atoms with E-state index in [1.807, 2.05) is 47.4 Å². The summed E-state index contributed by atoms with van der Waals surface area (Å²) in [5, 5.41) is 5.82. The Hall–Kier alpha value is -4.48. The number of hydrogen-bond donors (Lipinski definition) is 4. The van der Waals surface area contributed by atoms with Gasteiger partial charge in [0.2, 0.25) is 5.91 Å². The molecule has 0 aliphatic carbocycles. The van der Waals surface area contributed by atoms with Gasteiger partial charge in [-0.25, -0.2) is 4.99 Å². The minimum Gasteiger partial charge on any atom is -0.387 e. The predicted molar refractivity (Wildman–Crippen MR) is 190 cm³/mol. The third-order valence-electron chi connectivity index (χ3n) is 8.20. The van der Waals surface area contributed by atoms with Gasteiger partial charge in [0.15, 0.2) is 0 Å². The van der Waals surface area contributed by atoms with Crippen molar-refractivity contribution in [1.82, 2.24) is 20.1 Å². The Morgan fingerprint density at radius 3 is 2.47 bits per heavy atom. The molecule has 2 aromatic carbocycles. The number of nitrogens with one attached hydrogen (secondary N) is 2. The summed E-state index contributed by atoms with van der Waals surface area (Å²) in [6.07, 6.45) is 6.37. The Morgan fingerprint density at radius 1 is 1.00 bits per heavy atom. The zero-order valence-electron chi connectivity index (χ0n) is 27.1. The molecular formula is C36H43N7O3S. The largest absolute Gasteiger partial charge is 0.387 e. The molecule has 0 atom stereocenters. The van der Waals surface area contributed by atoms with Gasteiger partial charge in [0.25, 0.3) is 11.8 Å². The van der Waals surface area contributed by atoms with Crippen molar-refractivity contribution in [2.24, 2.45) is 10.7 Å². The number of thiol groups is 1. The first-order valence-electron chi connectivity index (χ1n) is 16.2. The van der Waals surface area contributed by atoms with Gasteiger partial charge in [0, 0.05) is 85.8 Å². The molecule has 246 valence electrons. The molecule has 0 unspecified atom stereocenters. The number of nitrogens with two attached hydrogens (primary N) is 1. The highest BCUT2D eigenvalue weighted by Crippen LogP contribution is 2.29. The molecule has 0 bridgehead atoms. The van der Waals surface area contributed by atoms with Crippen molar-refractivity contribution >= 4 is 53.6 Å². The van der Waals surface area contributed by atoms with Crippen LogP contribution in [-0.2, 0) is 24.3 Å². The van der Waals surface area contributed by atoms with E-state index in [2.05, 4.69) is 52.0 Å². The molecule has 4 N–H and O–H groups in total. The topological polar surface area (TPSA) is 133 Å². The van der Waals surface area contributed by atoms with Crippen LogP contribution in [0.4, 0.5) is 11.4 Å². The number of amides is 3. The maximum absolute atomic E-state index is 13.3. The molecule has 1 aromatic heterocycles. The van der Waals surface area contributed by atoms with Crippen LogP contribution in [0.5, 0.6) is 0 Å². The van der Waals surface area contributed by atoms with Crippen molar-refractivity contribution in [1.29, 1.82) is 0 Å². The minimum atomic E-state index is -0.281. The quantitative estimate of drug-likeness (QED) is 0.204. The average Bonchev–Trinajstić information content (AvgIpc) is 3.24. The number of aromatic nitrogens is 1. The highest BCUT2D eigenvalue weighted by Gasteiger charge is 2.22. The fraction of sp³-hybridized carbons (Fsp3) is 0.361. The smallest absolute Gasteiger partial charge is 0.255 e. The van der Waals surface area contributed by atoms with Crippen LogP contribution in [0.25, 0.3) is 6.08 Å². The van der Waals surface area contributed by atoms with Gasteiger partial charge in [-0.15, -0.1) is 0 Å². The molecule has 3 heterocycles. The number of pyridine rings is 1. The van der Waals surface area contributed by atoms with Gasteiger partial charge in [-0.05, 0) is 60.4 Å². The van der Waals surface area contributed by atoms with Crippen molar-refractivity contribution in [3.8, 4) is 0 Å². The molecule has 0 fully saturated rings. The Morgan fingerprint density at radius 2 is 1.74 bits per heavy atom. The lowest BCUT2D eigenvalue weighted by Gasteiger charge is -2.28. The first-order valence-corrected chi connectivity index (χ1v) is 16.9. The van der Waals surface area contributed by atoms with E-state index >= 15 is 0 Å². The summed E-state index contributed by atoms with van der Waals surface area (Å²) in [6, 6.07) is 14.9. The van der Waals surface area contributed by atoms with E-state index in [4.69, 9.17) is 5.73 Å². The number of amidine groups is 1. The van der Waals surface area contributed by atoms with Gasteiger partial charge in [0.1, 0.15) is 5.84 Å². The van der Waals surface area contributed by atoms with E-state index < -0.39 is 0 Å². The van der Waals surface area contributed by atoms with Gasteiger partial charge in [0.05, 0.1) is 17.6 Å². The van der Waals surface area contributed by atoms with Crippen molar-refractivity contribution in [3.63, 3.8) is 0 Å². The summed E-state index contributed by atoms with van der Waals surface area (Å²) in [5.41, 5.74) is 13.0. The lowest BCUT2D eigenvalue weighted by Crippen LogP contribution is -2.34. The van der Waals surface area contributed by atoms with Crippen molar-refractivity contribution in [3.05, 3.63) is 93.8 Å². The lowest BCUT2D eigenvalue weighted by molar-refractivity contribution is -0.127. The predicted octanol–water partition coefficient (Wildman–Crippen LogP) is 4.98. The number of hydrogen-bond acceptors (Lipinski definition) is 8. The number of benzene rings is 2. The van der Waals surface area contributed by atoms with E-state index in [1.54, 1.807) is 18.3 Å². The fourth-order valence-corrected chi connectivity index (χ4v) is 6.02. The zero-order valence-corrected chi connectivity index (χ0v) is 28.0. The van der Waals surface area contributed by atoms with Crippen LogP contribution in [0, 0.1) is 0 Å². The molecule has 2 aliphatic rings. The lowest BCUT2D eigenvalue weighted by atomic mass is 10.0. The van der Waals surface area contributed by atoms with E-state index in [0.29, 0.717) is 65.8 Å². The number of fused-ring (bicyclic) bond motifs is 2. The molecule has 3 amide bonds. The maximum Gasteiger partial charge on any atom is 0.255 e. The van der Waals surface area contributed by atoms with Crippen LogP contribution in [0.15, 0.2) is 65.3 Å². The second-order valence-electron chi connectivity index (χ2n) is 11.9. The number of aliphatic imine (C=N–C) groups is 1. The Kier molecular flexibility index (Phi) is 11.4. The van der Waals surface area contributed by atoms with Gasteiger partial charge in [-0.3, -0.25) is 24.3 Å². The summed E-state index contributed by atoms with van der Waals surface area (Å²) >= 11 is 4.14. The minimum absolute atomic E-state index is 0.0255. The van der Waals surface area contributed by atoms with Gasteiger partial charge < -0.3 is 21.3 Å². The van der Waals surface area contributed by atoms with Crippen LogP contribution in [-0.4, -0.2) is 70.3 Å². The number of carbonyl (C=O) groups is 3. The van der Waals surface area contributed by atoms with E-state index in [-0.39, 0.29) is 24.1 Å². The second-order valence-corrected chi connectivity index (χ2v) is 12.4. The number of nitrogens with zero attached hydrogens (tertiary/aromatic N) is 4. The van der Waals surface area contributed by atoms with Crippen molar-refractivity contribution in [2.45, 2.75) is 52.6 Å². The summed E-state index contributed by atoms with van der Waals surface area (Å²) in [4.78, 5) is 52.2. The summed E-state index contributed by atoms with van der Waals surface area (Å²) < 4.78 is 0. The molecule has 5 rings (SSSR count). The SMILES string of the molecule is CCCN(CCC)C(=O)C1=Cc2ccc(C(=O)Nc3cnc4c(c3)CN(Cc3ccc(C(=O)NCCS)cc3)CC4)cc2N=C(N)C1. The maximum atomic E-state index is 13.3. The first kappa shape index (κ1) is 33.9. The number of anilines is 1. The Labute approximate surface area is 281 Å². The summed E-state index contributed by atoms with van der Waals surface area (Å²) in [6.45, 7) is 8.33. The van der Waals surface area contributed by atoms with E-state index in [0.717, 1.165) is 54.7 Å². The molecule has 0 saturated carbocycles. The third kappa shape index (κ3) is 8.66. The molecule has 11 heteroatoms. The van der Waals surface area contributed by atoms with Crippen LogP contribution in [0.1, 0.15) is 76.2 Å². The first-order chi connectivity index (χ1) is 22.8. The van der Waals surface area contributed by atoms with Crippen LogP contribution in [0.3, 0.4) is 0 Å². The zero-order chi connectivity index (χ0) is 33.3. The van der Waals surface area contributed by atoms with Crippen LogP contribution in [0.2, 0.25) is 0 Å². The van der Waals surface area contributed by atoms with Crippen LogP contribution >= 0.6 is 12.6 Å². The molecule has 0 spiro atoms. The third-order valence-corrected chi connectivity index (χ3v) is 8.43. The van der Waals surface area contributed by atoms with E-state index in [9.17, 15) is 14.4 Å². The van der Waals surface area contributed by atoms with Gasteiger partial charge >= 0.3 is 0 Å². The van der Waals surface area contributed by atoms with Crippen molar-refractivity contribution in [2.75, 3.05) is 37.2 Å². The number of carbonyl (C=O) groups excluding carboxylic acids is 3. The molecule has 47 heavy (non-hydrogen) atoms. The molecule has 2 aliphatic heterocycles. The highest BCUT2D eigenvalue weighted by molar-refractivity contribution is 7.80. The van der Waals surface area contributed by atoms with E-state index in [1.165, 1.54) is 0 Å². The van der Waals surface area contributed by atoms with Crippen molar-refractivity contribution < 1.29 is 14.4 Å². The average molecular weight is 654 g/mol. The van der Waals surface area contributed by atoms with Gasteiger partial charge in [-0.2, -0.15) is 12.6 Å². The molecular weight excluding hydrogens is 611 g/mol. The summed E-state index contributed by atoms with van der Waals surface area (Å²) in [5.74, 6) is 0.529. The molecule has 0 saturated heterocycles. The second kappa shape index (κ2) is 15.9. The molecule has 0 radical (unpaired) electrons. The van der Waals surface area contributed by atoms with Crippen LogP contribution < -0.4 is 16.4 Å². The molecule has 3 aromatic rings. The Bertz CT molecular complexity index is 1680. The Balaban J connectivity index is 1.25. The fourth-order valence-electron chi connectivity index (χ4n) is 5.91. The molecule has 10 nitrogen and oxygen atoms in total. The number of rotatable bonds is 12.